The summed E-state index contributed by atoms with van der Waals surface area (Å²) in [6, 6.07) is 0. The lowest BCUT2D eigenvalue weighted by atomic mass is 10.2. The van der Waals surface area contributed by atoms with Gasteiger partial charge in [0.15, 0.2) is 0 Å². The molecule has 80 valence electrons. The number of alkyl halides is 1. The molecule has 0 aliphatic rings. The van der Waals surface area contributed by atoms with Crippen molar-refractivity contribution in [3.05, 3.63) is 17.5 Å². The number of nitrogens with one attached hydrogen (secondary N) is 1. The smallest absolute Gasteiger partial charge is 0.339 e. The Morgan fingerprint density at radius 1 is 1.60 bits per heavy atom. The maximum atomic E-state index is 10.7. The summed E-state index contributed by atoms with van der Waals surface area (Å²) in [6.07, 6.45) is 1.11. The van der Waals surface area contributed by atoms with Gasteiger partial charge in [0.1, 0.15) is 5.56 Å². The molecule has 0 spiro atoms. The van der Waals surface area contributed by atoms with E-state index in [0.717, 1.165) is 6.20 Å². The van der Waals surface area contributed by atoms with Crippen LogP contribution < -0.4 is 5.32 Å². The highest BCUT2D eigenvalue weighted by atomic mass is 35.5. The van der Waals surface area contributed by atoms with Gasteiger partial charge in [-0.1, -0.05) is 0 Å². The zero-order chi connectivity index (χ0) is 11.4. The Kier molecular flexibility index (Phi) is 3.56. The van der Waals surface area contributed by atoms with Gasteiger partial charge in [-0.25, -0.2) is 14.8 Å². The fourth-order valence-electron chi connectivity index (χ4n) is 0.915. The van der Waals surface area contributed by atoms with Crippen molar-refractivity contribution in [3.8, 4) is 0 Å². The lowest BCUT2D eigenvalue weighted by molar-refractivity contribution is -0.114. The van der Waals surface area contributed by atoms with E-state index in [1.54, 1.807) is 0 Å². The van der Waals surface area contributed by atoms with Crippen LogP contribution in [0.3, 0.4) is 0 Å². The van der Waals surface area contributed by atoms with Crippen LogP contribution >= 0.6 is 11.6 Å². The van der Waals surface area contributed by atoms with Crippen LogP contribution in [0, 0.1) is 0 Å². The third-order valence-electron chi connectivity index (χ3n) is 1.51. The van der Waals surface area contributed by atoms with E-state index in [-0.39, 0.29) is 29.0 Å². The van der Waals surface area contributed by atoms with Gasteiger partial charge in [-0.15, -0.1) is 11.6 Å². The highest BCUT2D eigenvalue weighted by molar-refractivity contribution is 6.17. The van der Waals surface area contributed by atoms with Crippen LogP contribution in [0.1, 0.15) is 23.0 Å². The predicted molar refractivity (Wildman–Crippen MR) is 52.9 cm³/mol. The van der Waals surface area contributed by atoms with Crippen LogP contribution in [0.5, 0.6) is 0 Å². The summed E-state index contributed by atoms with van der Waals surface area (Å²) in [6.45, 7) is 1.30. The number of halogens is 1. The Hall–Kier alpha value is -1.69. The number of nitrogens with zero attached hydrogens (tertiary/aromatic N) is 2. The molecule has 0 radical (unpaired) electrons. The van der Waals surface area contributed by atoms with Gasteiger partial charge in [0.05, 0.1) is 11.6 Å². The molecular formula is C8H8ClN3O3. The number of amides is 1. The standard InChI is InChI=1S/C8H8ClN3O3/c1-4(13)11-8-10-3-5(7(14)15)6(2-9)12-8/h3H,2H2,1H3,(H,14,15)(H,10,11,12,13). The first kappa shape index (κ1) is 11.4. The van der Waals surface area contributed by atoms with Crippen molar-refractivity contribution in [1.29, 1.82) is 0 Å². The highest BCUT2D eigenvalue weighted by Crippen LogP contribution is 2.10. The molecule has 0 saturated carbocycles. The molecule has 7 heteroatoms. The molecule has 0 atom stereocenters. The van der Waals surface area contributed by atoms with Gasteiger partial charge in [-0.05, 0) is 0 Å². The number of anilines is 1. The van der Waals surface area contributed by atoms with Crippen LogP contribution in [-0.2, 0) is 10.7 Å². The van der Waals surface area contributed by atoms with E-state index >= 15 is 0 Å². The van der Waals surface area contributed by atoms with Crippen LogP contribution in [0.4, 0.5) is 5.95 Å². The fraction of sp³-hybridized carbons (Fsp3) is 0.250. The molecule has 1 heterocycles. The van der Waals surface area contributed by atoms with Crippen LogP contribution in [0.15, 0.2) is 6.20 Å². The van der Waals surface area contributed by atoms with E-state index in [1.807, 2.05) is 0 Å². The van der Waals surface area contributed by atoms with E-state index in [0.29, 0.717) is 0 Å². The van der Waals surface area contributed by atoms with Crippen molar-refractivity contribution in [2.75, 3.05) is 5.32 Å². The Bertz CT molecular complexity index is 408. The number of rotatable bonds is 3. The van der Waals surface area contributed by atoms with E-state index in [1.165, 1.54) is 6.92 Å². The van der Waals surface area contributed by atoms with Gasteiger partial charge >= 0.3 is 5.97 Å². The molecule has 15 heavy (non-hydrogen) atoms. The summed E-state index contributed by atoms with van der Waals surface area (Å²) in [5.41, 5.74) is 0.0991. The number of aromatic nitrogens is 2. The second-order valence-electron chi connectivity index (χ2n) is 2.67. The fourth-order valence-corrected chi connectivity index (χ4v) is 1.12. The summed E-state index contributed by atoms with van der Waals surface area (Å²) in [4.78, 5) is 28.8. The third kappa shape index (κ3) is 2.88. The first-order valence-corrected chi connectivity index (χ1v) is 4.50. The second-order valence-corrected chi connectivity index (χ2v) is 2.94. The average Bonchev–Trinajstić information content (AvgIpc) is 2.16. The minimum Gasteiger partial charge on any atom is -0.478 e. The van der Waals surface area contributed by atoms with E-state index < -0.39 is 5.97 Å². The van der Waals surface area contributed by atoms with Crippen molar-refractivity contribution >= 4 is 29.4 Å². The molecule has 0 saturated heterocycles. The van der Waals surface area contributed by atoms with Crippen molar-refractivity contribution in [2.45, 2.75) is 12.8 Å². The number of carboxylic acids is 1. The van der Waals surface area contributed by atoms with Gasteiger partial charge in [-0.2, -0.15) is 0 Å². The molecule has 0 bridgehead atoms. The van der Waals surface area contributed by atoms with E-state index in [9.17, 15) is 9.59 Å². The zero-order valence-corrected chi connectivity index (χ0v) is 8.58. The van der Waals surface area contributed by atoms with Gasteiger partial charge in [-0.3, -0.25) is 10.1 Å². The lowest BCUT2D eigenvalue weighted by Gasteiger charge is -2.04. The molecule has 0 aliphatic carbocycles. The highest BCUT2D eigenvalue weighted by Gasteiger charge is 2.12. The summed E-state index contributed by atoms with van der Waals surface area (Å²) in [7, 11) is 0. The van der Waals surface area contributed by atoms with E-state index in [4.69, 9.17) is 16.7 Å². The first-order valence-electron chi connectivity index (χ1n) is 3.97. The summed E-state index contributed by atoms with van der Waals surface area (Å²) >= 11 is 5.52. The molecule has 0 fully saturated rings. The molecule has 0 aromatic carbocycles. The molecule has 1 amide bonds. The monoisotopic (exact) mass is 229 g/mol. The van der Waals surface area contributed by atoms with Gasteiger partial charge in [0.25, 0.3) is 0 Å². The number of carbonyl (C=O) groups is 2. The van der Waals surface area contributed by atoms with Crippen molar-refractivity contribution in [2.24, 2.45) is 0 Å². The quantitative estimate of drug-likeness (QED) is 0.751. The van der Waals surface area contributed by atoms with Crippen LogP contribution in [0.25, 0.3) is 0 Å². The number of carboxylic acid groups (broad SMARTS) is 1. The Morgan fingerprint density at radius 3 is 2.73 bits per heavy atom. The largest absolute Gasteiger partial charge is 0.478 e. The molecule has 0 aliphatic heterocycles. The normalized spacial score (nSPS) is 9.73. The van der Waals surface area contributed by atoms with Crippen LogP contribution in [0.2, 0.25) is 0 Å². The lowest BCUT2D eigenvalue weighted by Crippen LogP contribution is -2.12. The van der Waals surface area contributed by atoms with Crippen molar-refractivity contribution in [1.82, 2.24) is 9.97 Å². The number of hydrogen-bond acceptors (Lipinski definition) is 4. The number of hydrogen-bond donors (Lipinski definition) is 2. The minimum absolute atomic E-state index is 0.0446. The molecular weight excluding hydrogens is 222 g/mol. The molecule has 1 aromatic heterocycles. The Labute approximate surface area is 90.3 Å². The van der Waals surface area contributed by atoms with E-state index in [2.05, 4.69) is 15.3 Å². The molecule has 0 unspecified atom stereocenters. The van der Waals surface area contributed by atoms with Crippen LogP contribution in [-0.4, -0.2) is 27.0 Å². The molecule has 6 nitrogen and oxygen atoms in total. The van der Waals surface area contributed by atoms with Gasteiger partial charge in [0.2, 0.25) is 11.9 Å². The Balaban J connectivity index is 3.07. The Morgan fingerprint density at radius 2 is 2.27 bits per heavy atom. The van der Waals surface area contributed by atoms with Crippen molar-refractivity contribution in [3.63, 3.8) is 0 Å². The second kappa shape index (κ2) is 4.70. The summed E-state index contributed by atoms with van der Waals surface area (Å²) in [5, 5.41) is 11.1. The maximum Gasteiger partial charge on any atom is 0.339 e. The maximum absolute atomic E-state index is 10.7. The number of aromatic carboxylic acids is 1. The predicted octanol–water partition coefficient (Wildman–Crippen LogP) is 0.872. The topological polar surface area (TPSA) is 92.2 Å². The summed E-state index contributed by atoms with van der Waals surface area (Å²) in [5.74, 6) is -1.50. The average molecular weight is 230 g/mol. The van der Waals surface area contributed by atoms with Gasteiger partial charge in [0, 0.05) is 13.1 Å². The third-order valence-corrected chi connectivity index (χ3v) is 1.77. The zero-order valence-electron chi connectivity index (χ0n) is 7.82. The molecule has 1 rings (SSSR count). The van der Waals surface area contributed by atoms with Gasteiger partial charge < -0.3 is 5.11 Å². The minimum atomic E-state index is -1.15. The molecule has 2 N–H and O–H groups in total. The number of carbonyl (C=O) groups excluding carboxylic acids is 1. The first-order chi connectivity index (χ1) is 7.04. The van der Waals surface area contributed by atoms with Crippen molar-refractivity contribution < 1.29 is 14.7 Å². The summed E-state index contributed by atoms with van der Waals surface area (Å²) < 4.78 is 0. The SMILES string of the molecule is CC(=O)Nc1ncc(C(=O)O)c(CCl)n1. The molecule has 1 aromatic rings.